The number of ether oxygens (including phenoxy) is 1. The van der Waals surface area contributed by atoms with Gasteiger partial charge in [0.2, 0.25) is 5.09 Å². The molecule has 1 aromatic carbocycles. The monoisotopic (exact) mass is 364 g/mol. The van der Waals surface area contributed by atoms with Gasteiger partial charge in [0.1, 0.15) is 11.5 Å². The molecule has 25 heavy (non-hydrogen) atoms. The molecule has 1 heterocycles. The fraction of sp³-hybridized carbons (Fsp3) is 0.444. The van der Waals surface area contributed by atoms with Crippen molar-refractivity contribution in [2.75, 3.05) is 21.2 Å². The summed E-state index contributed by atoms with van der Waals surface area (Å²) in [5, 5.41) is -0.00676. The number of sulfonamides is 1. The summed E-state index contributed by atoms with van der Waals surface area (Å²) >= 11 is 0. The molecule has 0 N–H and O–H groups in total. The van der Waals surface area contributed by atoms with Crippen LogP contribution >= 0.6 is 0 Å². The first-order valence-electron chi connectivity index (χ1n) is 8.28. The molecule has 0 radical (unpaired) electrons. The first kappa shape index (κ1) is 18.0. The van der Waals surface area contributed by atoms with Crippen LogP contribution in [0.4, 0.5) is 0 Å². The molecule has 1 aliphatic rings. The highest BCUT2D eigenvalue weighted by molar-refractivity contribution is 7.88. The summed E-state index contributed by atoms with van der Waals surface area (Å²) in [6.45, 7) is 1.39. The Bertz CT molecular complexity index is 808. The van der Waals surface area contributed by atoms with Crippen LogP contribution in [0.2, 0.25) is 0 Å². The van der Waals surface area contributed by atoms with Crippen LogP contribution in [-0.2, 0) is 23.1 Å². The quantitative estimate of drug-likeness (QED) is 0.721. The Balaban J connectivity index is 1.71. The number of hydrogen-bond acceptors (Lipinski definition) is 5. The van der Waals surface area contributed by atoms with Crippen LogP contribution in [-0.4, -0.2) is 44.9 Å². The van der Waals surface area contributed by atoms with Crippen molar-refractivity contribution < 1.29 is 17.6 Å². The Morgan fingerprint density at radius 2 is 1.76 bits per heavy atom. The normalized spacial score (nSPS) is 15.1. The molecule has 0 amide bonds. The second-order valence-corrected chi connectivity index (χ2v) is 8.58. The molecule has 1 fully saturated rings. The van der Waals surface area contributed by atoms with E-state index in [1.165, 1.54) is 38.6 Å². The van der Waals surface area contributed by atoms with Crippen molar-refractivity contribution in [1.82, 2.24) is 9.21 Å². The van der Waals surface area contributed by atoms with Gasteiger partial charge in [0, 0.05) is 26.7 Å². The zero-order chi connectivity index (χ0) is 18.0. The number of furan rings is 1. The molecular weight excluding hydrogens is 340 g/mol. The predicted octanol–water partition coefficient (Wildman–Crippen LogP) is 2.70. The molecule has 0 spiro atoms. The summed E-state index contributed by atoms with van der Waals surface area (Å²) in [6.07, 6.45) is 2.33. The van der Waals surface area contributed by atoms with E-state index in [4.69, 9.17) is 9.15 Å². The Kier molecular flexibility index (Phi) is 5.17. The molecular formula is C18H24N2O4S. The summed E-state index contributed by atoms with van der Waals surface area (Å²) in [6, 6.07) is 11.8. The van der Waals surface area contributed by atoms with Crippen molar-refractivity contribution in [2.45, 2.75) is 37.1 Å². The highest BCUT2D eigenvalue weighted by Gasteiger charge is 2.30. The van der Waals surface area contributed by atoms with Gasteiger partial charge in [-0.2, -0.15) is 0 Å². The zero-order valence-corrected chi connectivity index (χ0v) is 15.6. The van der Waals surface area contributed by atoms with Crippen molar-refractivity contribution >= 4 is 10.0 Å². The highest BCUT2D eigenvalue weighted by Crippen LogP contribution is 2.31. The van der Waals surface area contributed by atoms with E-state index in [-0.39, 0.29) is 5.09 Å². The van der Waals surface area contributed by atoms with Gasteiger partial charge >= 0.3 is 0 Å². The Morgan fingerprint density at radius 3 is 2.32 bits per heavy atom. The van der Waals surface area contributed by atoms with Gasteiger partial charge in [0.25, 0.3) is 10.0 Å². The zero-order valence-electron chi connectivity index (χ0n) is 14.8. The molecule has 6 nitrogen and oxygen atoms in total. The van der Waals surface area contributed by atoms with Crippen LogP contribution < -0.4 is 4.74 Å². The molecule has 0 bridgehead atoms. The number of hydrogen-bond donors (Lipinski definition) is 0. The number of methoxy groups -OCH3 is 1. The summed E-state index contributed by atoms with van der Waals surface area (Å²) in [7, 11) is 1.12. The van der Waals surface area contributed by atoms with Gasteiger partial charge in [-0.25, -0.2) is 12.7 Å². The van der Waals surface area contributed by atoms with Crippen molar-refractivity contribution in [2.24, 2.45) is 0 Å². The molecule has 7 heteroatoms. The van der Waals surface area contributed by atoms with E-state index in [0.717, 1.165) is 16.6 Å². The molecule has 0 atom stereocenters. The molecule has 2 aromatic rings. The highest BCUT2D eigenvalue weighted by atomic mass is 32.2. The van der Waals surface area contributed by atoms with E-state index in [9.17, 15) is 8.42 Å². The third-order valence-electron chi connectivity index (χ3n) is 4.34. The van der Waals surface area contributed by atoms with E-state index < -0.39 is 10.0 Å². The van der Waals surface area contributed by atoms with Gasteiger partial charge in [-0.3, -0.25) is 4.90 Å². The second kappa shape index (κ2) is 7.19. The van der Waals surface area contributed by atoms with Crippen LogP contribution in [0, 0.1) is 0 Å². The lowest BCUT2D eigenvalue weighted by molar-refractivity contribution is 0.218. The van der Waals surface area contributed by atoms with Crippen LogP contribution in [0.1, 0.15) is 24.2 Å². The Labute approximate surface area is 149 Å². The maximum Gasteiger partial charge on any atom is 0.275 e. The van der Waals surface area contributed by atoms with E-state index in [2.05, 4.69) is 17.0 Å². The molecule has 0 aliphatic heterocycles. The van der Waals surface area contributed by atoms with E-state index in [0.29, 0.717) is 18.3 Å². The molecule has 136 valence electrons. The predicted molar refractivity (Wildman–Crippen MR) is 94.8 cm³/mol. The van der Waals surface area contributed by atoms with Crippen molar-refractivity contribution in [3.05, 3.63) is 47.7 Å². The fourth-order valence-corrected chi connectivity index (χ4v) is 3.49. The van der Waals surface area contributed by atoms with Crippen LogP contribution in [0.15, 0.2) is 45.9 Å². The molecule has 0 saturated heterocycles. The Hall–Kier alpha value is -1.83. The molecule has 1 saturated carbocycles. The minimum atomic E-state index is -3.53. The third kappa shape index (κ3) is 4.23. The second-order valence-electron chi connectivity index (χ2n) is 6.49. The summed E-state index contributed by atoms with van der Waals surface area (Å²) < 4.78 is 36.2. The van der Waals surface area contributed by atoms with Gasteiger partial charge in [-0.15, -0.1) is 0 Å². The largest absolute Gasteiger partial charge is 0.497 e. The SMILES string of the molecule is COc1ccc(CN(Cc2ccc(S(=O)(=O)N(C)C)o2)C2CC2)cc1. The number of benzene rings is 1. The minimum absolute atomic E-state index is 0.00676. The first-order chi connectivity index (χ1) is 11.9. The average Bonchev–Trinajstić information content (AvgIpc) is 3.33. The number of rotatable bonds is 8. The lowest BCUT2D eigenvalue weighted by atomic mass is 10.2. The van der Waals surface area contributed by atoms with Crippen LogP contribution in [0.25, 0.3) is 0 Å². The Morgan fingerprint density at radius 1 is 1.08 bits per heavy atom. The standard InChI is InChI=1S/C18H24N2O4S/c1-19(2)25(21,22)18-11-10-17(24-18)13-20(15-6-7-15)12-14-4-8-16(23-3)9-5-14/h4-5,8-11,15H,6-7,12-13H2,1-3H3. The molecule has 1 aliphatic carbocycles. The topological polar surface area (TPSA) is 63.0 Å². The summed E-state index contributed by atoms with van der Waals surface area (Å²) in [4.78, 5) is 2.33. The lowest BCUT2D eigenvalue weighted by Gasteiger charge is -2.21. The van der Waals surface area contributed by atoms with Crippen molar-refractivity contribution in [3.63, 3.8) is 0 Å². The van der Waals surface area contributed by atoms with E-state index >= 15 is 0 Å². The van der Waals surface area contributed by atoms with Gasteiger partial charge in [-0.05, 0) is 42.7 Å². The smallest absolute Gasteiger partial charge is 0.275 e. The first-order valence-corrected chi connectivity index (χ1v) is 9.72. The van der Waals surface area contributed by atoms with Crippen molar-refractivity contribution in [3.8, 4) is 5.75 Å². The molecule has 1 aromatic heterocycles. The van der Waals surface area contributed by atoms with Crippen molar-refractivity contribution in [1.29, 1.82) is 0 Å². The van der Waals surface area contributed by atoms with Gasteiger partial charge in [0.05, 0.1) is 13.7 Å². The fourth-order valence-electron chi connectivity index (χ4n) is 2.68. The van der Waals surface area contributed by atoms with E-state index in [1.807, 2.05) is 12.1 Å². The lowest BCUT2D eigenvalue weighted by Crippen LogP contribution is -2.25. The van der Waals surface area contributed by atoms with Crippen LogP contribution in [0.5, 0.6) is 5.75 Å². The van der Waals surface area contributed by atoms with Gasteiger partial charge < -0.3 is 9.15 Å². The average molecular weight is 364 g/mol. The van der Waals surface area contributed by atoms with Gasteiger partial charge in [-0.1, -0.05) is 12.1 Å². The molecule has 3 rings (SSSR count). The third-order valence-corrected chi connectivity index (χ3v) is 6.03. The maximum atomic E-state index is 12.1. The number of nitrogens with zero attached hydrogens (tertiary/aromatic N) is 2. The summed E-state index contributed by atoms with van der Waals surface area (Å²) in [5.74, 6) is 1.51. The van der Waals surface area contributed by atoms with E-state index in [1.54, 1.807) is 13.2 Å². The van der Waals surface area contributed by atoms with Crippen LogP contribution in [0.3, 0.4) is 0 Å². The maximum absolute atomic E-state index is 12.1. The summed E-state index contributed by atoms with van der Waals surface area (Å²) in [5.41, 5.74) is 1.19. The van der Waals surface area contributed by atoms with Gasteiger partial charge in [0.15, 0.2) is 0 Å². The minimum Gasteiger partial charge on any atom is -0.497 e. The molecule has 0 unspecified atom stereocenters.